The Morgan fingerprint density at radius 3 is 2.42 bits per heavy atom. The SMILES string of the molecule is Cc1ccc(Nc2cc(C#N)ccc2N)c(C)c1C. The van der Waals surface area contributed by atoms with Crippen molar-refractivity contribution in [1.29, 1.82) is 5.26 Å². The van der Waals surface area contributed by atoms with Crippen LogP contribution in [0, 0.1) is 32.1 Å². The monoisotopic (exact) mass is 251 g/mol. The first-order chi connectivity index (χ1) is 9.02. The highest BCUT2D eigenvalue weighted by Gasteiger charge is 2.06. The highest BCUT2D eigenvalue weighted by atomic mass is 14.9. The van der Waals surface area contributed by atoms with E-state index >= 15 is 0 Å². The Morgan fingerprint density at radius 2 is 1.74 bits per heavy atom. The van der Waals surface area contributed by atoms with Crippen LogP contribution in [-0.4, -0.2) is 0 Å². The Balaban J connectivity index is 2.42. The predicted octanol–water partition coefficient (Wildman–Crippen LogP) is 3.81. The molecule has 0 aliphatic carbocycles. The molecule has 0 aromatic heterocycles. The minimum absolute atomic E-state index is 0.596. The molecule has 0 fully saturated rings. The van der Waals surface area contributed by atoms with E-state index in [2.05, 4.69) is 38.2 Å². The number of anilines is 3. The number of hydrogen-bond acceptors (Lipinski definition) is 3. The van der Waals surface area contributed by atoms with Crippen molar-refractivity contribution >= 4 is 17.1 Å². The molecule has 0 saturated heterocycles. The van der Waals surface area contributed by atoms with Crippen LogP contribution in [0.4, 0.5) is 17.1 Å². The van der Waals surface area contributed by atoms with E-state index in [4.69, 9.17) is 11.0 Å². The topological polar surface area (TPSA) is 61.8 Å². The van der Waals surface area contributed by atoms with Gasteiger partial charge >= 0.3 is 0 Å². The molecule has 3 nitrogen and oxygen atoms in total. The minimum atomic E-state index is 0.596. The molecule has 0 amide bonds. The molecule has 3 N–H and O–H groups in total. The van der Waals surface area contributed by atoms with Crippen molar-refractivity contribution < 1.29 is 0 Å². The van der Waals surface area contributed by atoms with Crippen molar-refractivity contribution in [3.05, 3.63) is 52.6 Å². The zero-order valence-corrected chi connectivity index (χ0v) is 11.4. The fourth-order valence-corrected chi connectivity index (χ4v) is 1.97. The molecule has 0 atom stereocenters. The molecule has 0 saturated carbocycles. The minimum Gasteiger partial charge on any atom is -0.397 e. The van der Waals surface area contributed by atoms with E-state index in [9.17, 15) is 0 Å². The maximum Gasteiger partial charge on any atom is 0.0992 e. The third-order valence-electron chi connectivity index (χ3n) is 3.51. The Hall–Kier alpha value is -2.47. The molecule has 0 spiro atoms. The zero-order valence-electron chi connectivity index (χ0n) is 11.4. The molecular weight excluding hydrogens is 234 g/mol. The van der Waals surface area contributed by atoms with Crippen molar-refractivity contribution in [3.63, 3.8) is 0 Å². The van der Waals surface area contributed by atoms with Crippen LogP contribution in [0.25, 0.3) is 0 Å². The van der Waals surface area contributed by atoms with E-state index < -0.39 is 0 Å². The zero-order chi connectivity index (χ0) is 14.0. The lowest BCUT2D eigenvalue weighted by atomic mass is 10.0. The molecule has 2 aromatic carbocycles. The third kappa shape index (κ3) is 2.53. The fraction of sp³-hybridized carbons (Fsp3) is 0.188. The number of nitrogen functional groups attached to an aromatic ring is 1. The van der Waals surface area contributed by atoms with Crippen LogP contribution < -0.4 is 11.1 Å². The van der Waals surface area contributed by atoms with Gasteiger partial charge in [-0.2, -0.15) is 5.26 Å². The number of rotatable bonds is 2. The second-order valence-electron chi connectivity index (χ2n) is 4.72. The van der Waals surface area contributed by atoms with Gasteiger partial charge in [0, 0.05) is 5.69 Å². The predicted molar refractivity (Wildman–Crippen MR) is 79.5 cm³/mol. The van der Waals surface area contributed by atoms with Crippen molar-refractivity contribution in [2.45, 2.75) is 20.8 Å². The summed E-state index contributed by atoms with van der Waals surface area (Å²) in [5.74, 6) is 0. The van der Waals surface area contributed by atoms with Crippen LogP contribution in [-0.2, 0) is 0 Å². The molecule has 2 aromatic rings. The van der Waals surface area contributed by atoms with Crippen LogP contribution in [0.15, 0.2) is 30.3 Å². The number of hydrogen-bond donors (Lipinski definition) is 2. The number of nitrogens with two attached hydrogens (primary N) is 1. The van der Waals surface area contributed by atoms with Crippen molar-refractivity contribution in [2.75, 3.05) is 11.1 Å². The van der Waals surface area contributed by atoms with Gasteiger partial charge in [-0.05, 0) is 61.7 Å². The Morgan fingerprint density at radius 1 is 1.00 bits per heavy atom. The largest absolute Gasteiger partial charge is 0.397 e. The Bertz CT molecular complexity index is 666. The van der Waals surface area contributed by atoms with Gasteiger partial charge in [0.25, 0.3) is 0 Å². The van der Waals surface area contributed by atoms with Crippen molar-refractivity contribution in [2.24, 2.45) is 0 Å². The molecule has 0 aliphatic rings. The maximum absolute atomic E-state index is 8.94. The fourth-order valence-electron chi connectivity index (χ4n) is 1.97. The molecule has 0 heterocycles. The highest BCUT2D eigenvalue weighted by Crippen LogP contribution is 2.28. The maximum atomic E-state index is 8.94. The number of nitrogens with one attached hydrogen (secondary N) is 1. The van der Waals surface area contributed by atoms with Gasteiger partial charge in [-0.15, -0.1) is 0 Å². The summed E-state index contributed by atoms with van der Waals surface area (Å²) in [5.41, 5.74) is 12.7. The van der Waals surface area contributed by atoms with E-state index in [0.717, 1.165) is 11.4 Å². The van der Waals surface area contributed by atoms with E-state index in [1.54, 1.807) is 18.2 Å². The Kier molecular flexibility index (Phi) is 3.43. The van der Waals surface area contributed by atoms with Gasteiger partial charge in [0.05, 0.1) is 23.0 Å². The third-order valence-corrected chi connectivity index (χ3v) is 3.51. The van der Waals surface area contributed by atoms with Gasteiger partial charge in [0.2, 0.25) is 0 Å². The average molecular weight is 251 g/mol. The quantitative estimate of drug-likeness (QED) is 0.798. The molecule has 0 bridgehead atoms. The van der Waals surface area contributed by atoms with E-state index in [1.807, 2.05) is 6.07 Å². The van der Waals surface area contributed by atoms with Crippen molar-refractivity contribution in [1.82, 2.24) is 0 Å². The average Bonchev–Trinajstić information content (AvgIpc) is 2.41. The molecule has 0 radical (unpaired) electrons. The van der Waals surface area contributed by atoms with Crippen LogP contribution in [0.3, 0.4) is 0 Å². The summed E-state index contributed by atoms with van der Waals surface area (Å²) in [4.78, 5) is 0. The van der Waals surface area contributed by atoms with Crippen molar-refractivity contribution in [3.8, 4) is 6.07 Å². The number of nitriles is 1. The summed E-state index contributed by atoms with van der Waals surface area (Å²) >= 11 is 0. The first-order valence-corrected chi connectivity index (χ1v) is 6.16. The molecule has 19 heavy (non-hydrogen) atoms. The van der Waals surface area contributed by atoms with Gasteiger partial charge in [-0.3, -0.25) is 0 Å². The number of benzene rings is 2. The molecule has 2 rings (SSSR count). The normalized spacial score (nSPS) is 10.0. The summed E-state index contributed by atoms with van der Waals surface area (Å²) in [6, 6.07) is 11.5. The molecule has 0 unspecified atom stereocenters. The lowest BCUT2D eigenvalue weighted by molar-refractivity contribution is 1.26. The summed E-state index contributed by atoms with van der Waals surface area (Å²) in [6.07, 6.45) is 0. The van der Waals surface area contributed by atoms with Crippen LogP contribution in [0.5, 0.6) is 0 Å². The van der Waals surface area contributed by atoms with Gasteiger partial charge < -0.3 is 11.1 Å². The number of nitrogens with zero attached hydrogens (tertiary/aromatic N) is 1. The van der Waals surface area contributed by atoms with Crippen LogP contribution in [0.1, 0.15) is 22.3 Å². The van der Waals surface area contributed by atoms with Gasteiger partial charge in [0.15, 0.2) is 0 Å². The smallest absolute Gasteiger partial charge is 0.0992 e. The lowest BCUT2D eigenvalue weighted by Crippen LogP contribution is -2.00. The van der Waals surface area contributed by atoms with Gasteiger partial charge in [-0.25, -0.2) is 0 Å². The highest BCUT2D eigenvalue weighted by molar-refractivity contribution is 5.75. The van der Waals surface area contributed by atoms with Crippen LogP contribution in [0.2, 0.25) is 0 Å². The second-order valence-corrected chi connectivity index (χ2v) is 4.72. The Labute approximate surface area is 113 Å². The summed E-state index contributed by atoms with van der Waals surface area (Å²) in [6.45, 7) is 6.27. The first kappa shape index (κ1) is 13.0. The summed E-state index contributed by atoms with van der Waals surface area (Å²) < 4.78 is 0. The molecule has 0 aliphatic heterocycles. The molecular formula is C16H17N3. The second kappa shape index (κ2) is 5.03. The molecule has 96 valence electrons. The molecule has 3 heteroatoms. The number of aryl methyl sites for hydroxylation is 1. The standard InChI is InChI=1S/C16H17N3/c1-10-4-7-15(12(3)11(10)2)19-16-8-13(9-17)5-6-14(16)18/h4-8,19H,18H2,1-3H3. The summed E-state index contributed by atoms with van der Waals surface area (Å²) in [7, 11) is 0. The van der Waals surface area contributed by atoms with E-state index in [0.29, 0.717) is 11.3 Å². The van der Waals surface area contributed by atoms with Gasteiger partial charge in [0.1, 0.15) is 0 Å². The van der Waals surface area contributed by atoms with Gasteiger partial charge in [-0.1, -0.05) is 6.07 Å². The van der Waals surface area contributed by atoms with E-state index in [1.165, 1.54) is 16.7 Å². The lowest BCUT2D eigenvalue weighted by Gasteiger charge is -2.15. The van der Waals surface area contributed by atoms with E-state index in [-0.39, 0.29) is 0 Å². The first-order valence-electron chi connectivity index (χ1n) is 6.16. The summed E-state index contributed by atoms with van der Waals surface area (Å²) in [5, 5.41) is 12.2. The van der Waals surface area contributed by atoms with Crippen LogP contribution >= 0.6 is 0 Å².